The second-order valence-corrected chi connectivity index (χ2v) is 5.15. The molecule has 0 aliphatic rings. The second-order valence-electron chi connectivity index (χ2n) is 3.43. The topological polar surface area (TPSA) is 131 Å². The van der Waals surface area contributed by atoms with Gasteiger partial charge in [-0.2, -0.15) is 5.26 Å². The number of nitrogens with zero attached hydrogens (tertiary/aromatic N) is 1. The van der Waals surface area contributed by atoms with Crippen LogP contribution in [0.15, 0.2) is 24.3 Å². The van der Waals surface area contributed by atoms with E-state index in [4.69, 9.17) is 10.2 Å². The molecule has 0 aliphatic carbocycles. The maximum absolute atomic E-state index is 11.3. The summed E-state index contributed by atoms with van der Waals surface area (Å²) in [6, 6.07) is 7.51. The highest BCUT2D eigenvalue weighted by Crippen LogP contribution is 2.31. The standard InChI is InChI=1S/C10H12N3O4P/c11-7-8-1-3-9(4-2-8)13-10(14)12-5-6-18(15,16)17/h1-4H,5-6H2,(H2,12,13,14)(H2,15,16,17)/p-1. The maximum Gasteiger partial charge on any atom is 0.319 e. The fraction of sp³-hybridized carbons (Fsp3) is 0.200. The van der Waals surface area contributed by atoms with Crippen LogP contribution in [0.4, 0.5) is 10.5 Å². The fourth-order valence-corrected chi connectivity index (χ4v) is 1.51. The molecule has 0 aromatic heterocycles. The normalized spacial score (nSPS) is 10.6. The van der Waals surface area contributed by atoms with Gasteiger partial charge in [0.05, 0.1) is 24.3 Å². The summed E-state index contributed by atoms with van der Waals surface area (Å²) in [5.74, 6) is 0. The van der Waals surface area contributed by atoms with Gasteiger partial charge in [-0.05, 0) is 24.3 Å². The third-order valence-corrected chi connectivity index (χ3v) is 2.74. The van der Waals surface area contributed by atoms with E-state index in [0.717, 1.165) is 0 Å². The quantitative estimate of drug-likeness (QED) is 0.612. The number of benzene rings is 1. The number of hydrogen-bond acceptors (Lipinski definition) is 5. The van der Waals surface area contributed by atoms with Gasteiger partial charge >= 0.3 is 6.03 Å². The van der Waals surface area contributed by atoms with Gasteiger partial charge in [-0.25, -0.2) is 4.79 Å². The Morgan fingerprint density at radius 1 is 1.39 bits per heavy atom. The smallest absolute Gasteiger partial charge is 0.319 e. The Morgan fingerprint density at radius 2 is 2.00 bits per heavy atom. The Hall–Kier alpha value is -1.71. The molecule has 0 bridgehead atoms. The van der Waals surface area contributed by atoms with Crippen LogP contribution < -0.4 is 20.4 Å². The van der Waals surface area contributed by atoms with Crippen LogP contribution in [0.1, 0.15) is 5.56 Å². The van der Waals surface area contributed by atoms with E-state index in [0.29, 0.717) is 11.3 Å². The van der Waals surface area contributed by atoms with Crippen LogP contribution in [0.25, 0.3) is 0 Å². The minimum Gasteiger partial charge on any atom is -0.660 e. The Bertz CT molecular complexity index is 450. The molecule has 0 saturated heterocycles. The highest BCUT2D eigenvalue weighted by molar-refractivity contribution is 7.55. The zero-order valence-corrected chi connectivity index (χ0v) is 10.2. The van der Waals surface area contributed by atoms with Crippen molar-refractivity contribution < 1.29 is 19.5 Å². The first-order valence-corrected chi connectivity index (χ1v) is 6.75. The molecule has 18 heavy (non-hydrogen) atoms. The summed E-state index contributed by atoms with van der Waals surface area (Å²) in [6.07, 6.45) is -0.520. The fourth-order valence-electron chi connectivity index (χ4n) is 1.11. The van der Waals surface area contributed by atoms with E-state index in [9.17, 15) is 14.6 Å². The molecule has 0 unspecified atom stereocenters. The van der Waals surface area contributed by atoms with Crippen molar-refractivity contribution in [2.24, 2.45) is 0 Å². The molecule has 1 aromatic carbocycles. The number of urea groups is 1. The number of carbonyl (C=O) groups excluding carboxylic acids is 1. The molecule has 3 N–H and O–H groups in total. The third kappa shape index (κ3) is 5.57. The van der Waals surface area contributed by atoms with Crippen molar-refractivity contribution in [2.75, 3.05) is 18.0 Å². The van der Waals surface area contributed by atoms with Crippen molar-refractivity contribution in [3.05, 3.63) is 29.8 Å². The summed E-state index contributed by atoms with van der Waals surface area (Å²) in [4.78, 5) is 40.6. The lowest BCUT2D eigenvalue weighted by Crippen LogP contribution is -2.35. The van der Waals surface area contributed by atoms with E-state index in [1.54, 1.807) is 12.1 Å². The van der Waals surface area contributed by atoms with Crippen LogP contribution in [-0.2, 0) is 0 Å². The zero-order chi connectivity index (χ0) is 13.6. The molecule has 96 valence electrons. The van der Waals surface area contributed by atoms with Crippen molar-refractivity contribution in [3.63, 3.8) is 0 Å². The number of nitrogens with one attached hydrogen (secondary N) is 2. The molecule has 1 rings (SSSR count). The van der Waals surface area contributed by atoms with Gasteiger partial charge in [0.2, 0.25) is 0 Å². The summed E-state index contributed by atoms with van der Waals surface area (Å²) < 4.78 is 0. The highest BCUT2D eigenvalue weighted by atomic mass is 31.2. The Morgan fingerprint density at radius 3 is 2.50 bits per heavy atom. The number of amides is 2. The van der Waals surface area contributed by atoms with Gasteiger partial charge in [-0.1, -0.05) is 0 Å². The number of carbonyl (C=O) groups is 1. The molecule has 7 nitrogen and oxygen atoms in total. The Balaban J connectivity index is 2.38. The molecule has 0 spiro atoms. The summed E-state index contributed by atoms with van der Waals surface area (Å²) in [5.41, 5.74) is 0.939. The minimum atomic E-state index is -4.34. The maximum atomic E-state index is 11.3. The molecular weight excluding hydrogens is 257 g/mol. The molecule has 0 radical (unpaired) electrons. The van der Waals surface area contributed by atoms with E-state index in [1.807, 2.05) is 6.07 Å². The lowest BCUT2D eigenvalue weighted by Gasteiger charge is -2.27. The van der Waals surface area contributed by atoms with Crippen LogP contribution >= 0.6 is 7.94 Å². The minimum absolute atomic E-state index is 0.181. The predicted molar refractivity (Wildman–Crippen MR) is 62.2 cm³/mol. The van der Waals surface area contributed by atoms with Gasteiger partial charge in [-0.15, -0.1) is 0 Å². The second kappa shape index (κ2) is 6.28. The first-order valence-electron chi connectivity index (χ1n) is 4.98. The van der Waals surface area contributed by atoms with Gasteiger partial charge in [0.25, 0.3) is 0 Å². The molecule has 8 heteroatoms. The average Bonchev–Trinajstić information content (AvgIpc) is 2.28. The molecule has 0 heterocycles. The van der Waals surface area contributed by atoms with Crippen LogP contribution in [0.3, 0.4) is 0 Å². The van der Waals surface area contributed by atoms with Crippen LogP contribution in [0.5, 0.6) is 0 Å². The van der Waals surface area contributed by atoms with Gasteiger partial charge in [0.15, 0.2) is 0 Å². The number of rotatable bonds is 4. The molecule has 1 aromatic rings. The third-order valence-electron chi connectivity index (χ3n) is 1.95. The number of hydrogen-bond donors (Lipinski definition) is 3. The first-order chi connectivity index (χ1) is 8.40. The first kappa shape index (κ1) is 14.4. The summed E-state index contributed by atoms with van der Waals surface area (Å²) in [5, 5.41) is 13.3. The van der Waals surface area contributed by atoms with Gasteiger partial charge < -0.3 is 20.4 Å². The van der Waals surface area contributed by atoms with Crippen molar-refractivity contribution in [3.8, 4) is 6.07 Å². The van der Waals surface area contributed by atoms with Gasteiger partial charge in [0, 0.05) is 13.6 Å². The average molecular weight is 268 g/mol. The van der Waals surface area contributed by atoms with Gasteiger partial charge in [0.1, 0.15) is 0 Å². The number of nitriles is 1. The van der Waals surface area contributed by atoms with E-state index in [-0.39, 0.29) is 6.54 Å². The van der Waals surface area contributed by atoms with E-state index in [1.165, 1.54) is 12.1 Å². The SMILES string of the molecule is N#Cc1ccc(NC(=O)NCC[P+]([O-])([O-])O)cc1. The predicted octanol–water partition coefficient (Wildman–Crippen LogP) is -0.845. The zero-order valence-electron chi connectivity index (χ0n) is 9.29. The molecule has 2 amide bonds. The highest BCUT2D eigenvalue weighted by Gasteiger charge is 2.08. The van der Waals surface area contributed by atoms with Crippen LogP contribution in [0.2, 0.25) is 0 Å². The van der Waals surface area contributed by atoms with Crippen molar-refractivity contribution in [1.29, 1.82) is 5.26 Å². The number of anilines is 1. The summed E-state index contributed by atoms with van der Waals surface area (Å²) >= 11 is 0. The lowest BCUT2D eigenvalue weighted by molar-refractivity contribution is -0.331. The molecular formula is C10H11N3O4P-. The molecule has 0 atom stereocenters. The lowest BCUT2D eigenvalue weighted by atomic mass is 10.2. The Labute approximate surface area is 104 Å². The van der Waals surface area contributed by atoms with Crippen molar-refractivity contribution >= 4 is 19.7 Å². The summed E-state index contributed by atoms with van der Waals surface area (Å²) in [6.45, 7) is -0.181. The van der Waals surface area contributed by atoms with E-state index < -0.39 is 20.1 Å². The summed E-state index contributed by atoms with van der Waals surface area (Å²) in [7, 11) is -4.34. The van der Waals surface area contributed by atoms with Crippen molar-refractivity contribution in [2.45, 2.75) is 0 Å². The van der Waals surface area contributed by atoms with Crippen LogP contribution in [-0.4, -0.2) is 23.6 Å². The molecule has 0 fully saturated rings. The van der Waals surface area contributed by atoms with Crippen LogP contribution in [0, 0.1) is 11.3 Å². The Kier molecular flexibility index (Phi) is 5.01. The van der Waals surface area contributed by atoms with Gasteiger partial charge in [-0.3, -0.25) is 4.89 Å². The molecule has 0 saturated carbocycles. The molecule has 0 aliphatic heterocycles. The van der Waals surface area contributed by atoms with E-state index in [2.05, 4.69) is 10.6 Å². The monoisotopic (exact) mass is 268 g/mol. The van der Waals surface area contributed by atoms with Crippen molar-refractivity contribution in [1.82, 2.24) is 5.32 Å². The van der Waals surface area contributed by atoms with E-state index >= 15 is 0 Å². The largest absolute Gasteiger partial charge is 0.660 e.